The third-order valence-corrected chi connectivity index (χ3v) is 5.45. The molecule has 1 aromatic rings. The highest BCUT2D eigenvalue weighted by atomic mass is 35.5. The molecule has 3 rings (SSSR count). The van der Waals surface area contributed by atoms with Crippen LogP contribution in [0.4, 0.5) is 4.79 Å². The molecule has 0 radical (unpaired) electrons. The summed E-state index contributed by atoms with van der Waals surface area (Å²) in [4.78, 5) is 25.0. The molecule has 1 saturated carbocycles. The van der Waals surface area contributed by atoms with E-state index in [1.54, 1.807) is 18.2 Å². The Morgan fingerprint density at radius 2 is 1.96 bits per heavy atom. The molecule has 0 N–H and O–H groups in total. The van der Waals surface area contributed by atoms with E-state index in [1.165, 1.54) is 0 Å². The summed E-state index contributed by atoms with van der Waals surface area (Å²) in [7, 11) is 0. The number of esters is 1. The first-order valence-corrected chi connectivity index (χ1v) is 10.0. The predicted octanol–water partition coefficient (Wildman–Crippen LogP) is 5.92. The fourth-order valence-corrected chi connectivity index (χ4v) is 4.03. The van der Waals surface area contributed by atoms with Gasteiger partial charge in [-0.3, -0.25) is 0 Å². The minimum Gasteiger partial charge on any atom is -0.447 e. The molecule has 0 bridgehead atoms. The van der Waals surface area contributed by atoms with E-state index < -0.39 is 17.7 Å². The molecule has 5 nitrogen and oxygen atoms in total. The van der Waals surface area contributed by atoms with E-state index in [9.17, 15) is 9.59 Å². The molecule has 1 spiro atoms. The molecule has 0 unspecified atom stereocenters. The van der Waals surface area contributed by atoms with Crippen LogP contribution in [0, 0.1) is 0 Å². The lowest BCUT2D eigenvalue weighted by atomic mass is 9.82. The van der Waals surface area contributed by atoms with Crippen LogP contribution in [0.3, 0.4) is 0 Å². The summed E-state index contributed by atoms with van der Waals surface area (Å²) in [5.74, 6) is -0.338. The molecule has 0 atom stereocenters. The second-order valence-electron chi connectivity index (χ2n) is 6.83. The molecule has 7 heteroatoms. The predicted molar refractivity (Wildman–Crippen MR) is 103 cm³/mol. The monoisotopic (exact) mass is 412 g/mol. The van der Waals surface area contributed by atoms with Crippen molar-refractivity contribution in [3.8, 4) is 0 Å². The normalized spacial score (nSPS) is 18.6. The first-order chi connectivity index (χ1) is 13.0. The maximum atomic E-state index is 12.7. The Labute approximate surface area is 168 Å². The highest BCUT2D eigenvalue weighted by Gasteiger charge is 2.51. The highest BCUT2D eigenvalue weighted by Crippen LogP contribution is 2.48. The molecule has 0 aromatic heterocycles. The van der Waals surface area contributed by atoms with Gasteiger partial charge in [-0.25, -0.2) is 9.59 Å². The number of rotatable bonds is 5. The van der Waals surface area contributed by atoms with Crippen LogP contribution in [0.15, 0.2) is 24.0 Å². The summed E-state index contributed by atoms with van der Waals surface area (Å²) >= 11 is 12.3. The van der Waals surface area contributed by atoms with Crippen molar-refractivity contribution < 1.29 is 23.8 Å². The smallest absolute Gasteiger partial charge is 0.447 e. The van der Waals surface area contributed by atoms with Crippen LogP contribution >= 0.6 is 23.2 Å². The van der Waals surface area contributed by atoms with E-state index >= 15 is 0 Å². The van der Waals surface area contributed by atoms with Crippen LogP contribution in [-0.2, 0) is 19.0 Å². The van der Waals surface area contributed by atoms with Gasteiger partial charge >= 0.3 is 12.1 Å². The fourth-order valence-electron chi connectivity index (χ4n) is 3.53. The second kappa shape index (κ2) is 8.53. The van der Waals surface area contributed by atoms with Crippen molar-refractivity contribution in [2.24, 2.45) is 0 Å². The Morgan fingerprint density at radius 3 is 2.63 bits per heavy atom. The van der Waals surface area contributed by atoms with Crippen LogP contribution in [0.2, 0.25) is 10.0 Å². The van der Waals surface area contributed by atoms with Crippen LogP contribution in [0.1, 0.15) is 57.4 Å². The molecule has 2 aliphatic rings. The number of carbonyl (C=O) groups is 2. The van der Waals surface area contributed by atoms with E-state index in [1.807, 2.05) is 6.92 Å². The third kappa shape index (κ3) is 4.25. The molecule has 1 fully saturated rings. The summed E-state index contributed by atoms with van der Waals surface area (Å²) in [5, 5.41) is 0.743. The third-order valence-electron chi connectivity index (χ3n) is 4.90. The van der Waals surface area contributed by atoms with Gasteiger partial charge in [0.15, 0.2) is 11.4 Å². The maximum Gasteiger partial charge on any atom is 0.513 e. The minimum absolute atomic E-state index is 0.172. The Morgan fingerprint density at radius 1 is 1.22 bits per heavy atom. The lowest BCUT2D eigenvalue weighted by Gasteiger charge is -2.33. The zero-order chi connectivity index (χ0) is 19.4. The standard InChI is InChI=1S/C20H22Cl2O5/c1-2-3-11-25-19(24)26-17-16(14-8-7-13(21)12-15(14)22)18(23)27-20(17)9-5-4-6-10-20/h7-8,12H,2-6,9-11H2,1H3. The van der Waals surface area contributed by atoms with Crippen LogP contribution in [0.25, 0.3) is 5.57 Å². The number of unbranched alkanes of at least 4 members (excludes halogenated alkanes) is 1. The van der Waals surface area contributed by atoms with E-state index in [4.69, 9.17) is 37.4 Å². The van der Waals surface area contributed by atoms with Crippen LogP contribution in [-0.4, -0.2) is 24.3 Å². The fraction of sp³-hybridized carbons (Fsp3) is 0.500. The Bertz CT molecular complexity index is 766. The lowest BCUT2D eigenvalue weighted by Crippen LogP contribution is -2.36. The Kier molecular flexibility index (Phi) is 6.33. The number of ether oxygens (including phenoxy) is 3. The lowest BCUT2D eigenvalue weighted by molar-refractivity contribution is -0.149. The molecular formula is C20H22Cl2O5. The molecular weight excluding hydrogens is 391 g/mol. The van der Waals surface area contributed by atoms with Crippen molar-refractivity contribution in [1.82, 2.24) is 0 Å². The van der Waals surface area contributed by atoms with Gasteiger partial charge in [0.25, 0.3) is 0 Å². The van der Waals surface area contributed by atoms with Crippen molar-refractivity contribution in [3.63, 3.8) is 0 Å². The average molecular weight is 413 g/mol. The summed E-state index contributed by atoms with van der Waals surface area (Å²) in [5.41, 5.74) is -0.326. The first-order valence-electron chi connectivity index (χ1n) is 9.25. The van der Waals surface area contributed by atoms with Crippen LogP contribution in [0.5, 0.6) is 0 Å². The van der Waals surface area contributed by atoms with E-state index in [-0.39, 0.29) is 17.9 Å². The maximum absolute atomic E-state index is 12.7. The second-order valence-corrected chi connectivity index (χ2v) is 7.67. The molecule has 0 amide bonds. The molecule has 146 valence electrons. The van der Waals surface area contributed by atoms with Gasteiger partial charge in [-0.15, -0.1) is 0 Å². The highest BCUT2D eigenvalue weighted by molar-refractivity contribution is 6.37. The molecule has 1 aliphatic carbocycles. The Balaban J connectivity index is 2.00. The van der Waals surface area contributed by atoms with Crippen LogP contribution < -0.4 is 0 Å². The van der Waals surface area contributed by atoms with Gasteiger partial charge in [-0.2, -0.15) is 0 Å². The van der Waals surface area contributed by atoms with E-state index in [0.717, 1.165) is 32.1 Å². The summed E-state index contributed by atoms with van der Waals surface area (Å²) in [6, 6.07) is 4.81. The van der Waals surface area contributed by atoms with Gasteiger partial charge in [0.05, 0.1) is 11.6 Å². The largest absolute Gasteiger partial charge is 0.513 e. The zero-order valence-electron chi connectivity index (χ0n) is 15.2. The minimum atomic E-state index is -0.933. The zero-order valence-corrected chi connectivity index (χ0v) is 16.7. The number of carbonyl (C=O) groups excluding carboxylic acids is 2. The van der Waals surface area contributed by atoms with E-state index in [2.05, 4.69) is 0 Å². The SMILES string of the molecule is CCCCOC(=O)OC1=C(c2ccc(Cl)cc2Cl)C(=O)OC12CCCCC2. The van der Waals surface area contributed by atoms with Crippen molar-refractivity contribution in [3.05, 3.63) is 39.6 Å². The van der Waals surface area contributed by atoms with Gasteiger partial charge in [0, 0.05) is 10.6 Å². The molecule has 0 saturated heterocycles. The van der Waals surface area contributed by atoms with Gasteiger partial charge < -0.3 is 14.2 Å². The molecule has 1 aliphatic heterocycles. The number of halogens is 2. The topological polar surface area (TPSA) is 61.8 Å². The van der Waals surface area contributed by atoms with Crippen molar-refractivity contribution in [2.45, 2.75) is 57.5 Å². The summed E-state index contributed by atoms with van der Waals surface area (Å²) in [6.07, 6.45) is 4.82. The van der Waals surface area contributed by atoms with Crippen molar-refractivity contribution in [1.29, 1.82) is 0 Å². The Hall–Kier alpha value is -1.72. The van der Waals surface area contributed by atoms with Gasteiger partial charge in [-0.1, -0.05) is 49.0 Å². The quantitative estimate of drug-likeness (QED) is 0.443. The van der Waals surface area contributed by atoms with Gasteiger partial charge in [0.2, 0.25) is 0 Å². The van der Waals surface area contributed by atoms with E-state index in [0.29, 0.717) is 28.5 Å². The molecule has 27 heavy (non-hydrogen) atoms. The van der Waals surface area contributed by atoms with Gasteiger partial charge in [-0.05, 0) is 44.2 Å². The number of benzene rings is 1. The first kappa shape index (κ1) is 20.0. The van der Waals surface area contributed by atoms with Gasteiger partial charge in [0.1, 0.15) is 5.57 Å². The summed E-state index contributed by atoms with van der Waals surface area (Å²) in [6.45, 7) is 2.26. The average Bonchev–Trinajstić information content (AvgIpc) is 2.87. The summed E-state index contributed by atoms with van der Waals surface area (Å²) < 4.78 is 16.4. The number of hydrogen-bond acceptors (Lipinski definition) is 5. The van der Waals surface area contributed by atoms with Crippen molar-refractivity contribution in [2.75, 3.05) is 6.61 Å². The van der Waals surface area contributed by atoms with Crippen molar-refractivity contribution >= 4 is 40.9 Å². The molecule has 1 heterocycles. The molecule has 1 aromatic carbocycles. The number of hydrogen-bond donors (Lipinski definition) is 0.